The predicted molar refractivity (Wildman–Crippen MR) is 70.8 cm³/mol. The van der Waals surface area contributed by atoms with E-state index < -0.39 is 23.3 Å². The zero-order chi connectivity index (χ0) is 15.4. The molecule has 0 aromatic carbocycles. The van der Waals surface area contributed by atoms with Gasteiger partial charge in [-0.3, -0.25) is 4.79 Å². The van der Waals surface area contributed by atoms with Crippen molar-refractivity contribution in [2.75, 3.05) is 13.2 Å². The van der Waals surface area contributed by atoms with E-state index in [-0.39, 0.29) is 25.7 Å². The van der Waals surface area contributed by atoms with Gasteiger partial charge in [-0.2, -0.15) is 0 Å². The second-order valence-corrected chi connectivity index (χ2v) is 5.50. The van der Waals surface area contributed by atoms with Crippen LogP contribution in [0.5, 0.6) is 0 Å². The minimum Gasteiger partial charge on any atom is -0.463 e. The highest BCUT2D eigenvalue weighted by Crippen LogP contribution is 2.29. The maximum Gasteiger partial charge on any atom is 0.330 e. The standard InChI is InChI=1S/C14H22O6/c1-6-11(15)20-14(7-12(16)19-10(2)3)8-17-13(4,5)18-9-14/h6,10H,1,7-9H2,2-5H3. The molecule has 1 fully saturated rings. The molecule has 0 N–H and O–H groups in total. The van der Waals surface area contributed by atoms with Gasteiger partial charge in [0.05, 0.1) is 25.7 Å². The van der Waals surface area contributed by atoms with Gasteiger partial charge in [-0.1, -0.05) is 6.58 Å². The normalized spacial score (nSPS) is 20.2. The minimum atomic E-state index is -1.17. The molecule has 6 nitrogen and oxygen atoms in total. The minimum absolute atomic E-state index is 0.0623. The molecule has 1 heterocycles. The average molecular weight is 286 g/mol. The van der Waals surface area contributed by atoms with E-state index in [2.05, 4.69) is 6.58 Å². The summed E-state index contributed by atoms with van der Waals surface area (Å²) in [5, 5.41) is 0. The summed E-state index contributed by atoms with van der Waals surface area (Å²) in [7, 11) is 0. The Kier molecular flexibility index (Phi) is 5.30. The van der Waals surface area contributed by atoms with Crippen molar-refractivity contribution in [2.24, 2.45) is 0 Å². The SMILES string of the molecule is C=CC(=O)OC1(CC(=O)OC(C)C)COC(C)(C)OC1. The summed E-state index contributed by atoms with van der Waals surface area (Å²) in [6.45, 7) is 10.5. The number of carbonyl (C=O) groups excluding carboxylic acids is 2. The van der Waals surface area contributed by atoms with E-state index in [1.165, 1.54) is 0 Å². The topological polar surface area (TPSA) is 71.1 Å². The first-order valence-electron chi connectivity index (χ1n) is 6.51. The fourth-order valence-corrected chi connectivity index (χ4v) is 1.71. The largest absolute Gasteiger partial charge is 0.463 e. The number of hydrogen-bond donors (Lipinski definition) is 0. The summed E-state index contributed by atoms with van der Waals surface area (Å²) in [5.74, 6) is -1.87. The van der Waals surface area contributed by atoms with Crippen molar-refractivity contribution in [3.05, 3.63) is 12.7 Å². The molecule has 0 spiro atoms. The van der Waals surface area contributed by atoms with Gasteiger partial charge in [-0.05, 0) is 27.7 Å². The van der Waals surface area contributed by atoms with E-state index >= 15 is 0 Å². The smallest absolute Gasteiger partial charge is 0.330 e. The summed E-state index contributed by atoms with van der Waals surface area (Å²) < 4.78 is 21.3. The van der Waals surface area contributed by atoms with Crippen molar-refractivity contribution in [1.29, 1.82) is 0 Å². The van der Waals surface area contributed by atoms with Gasteiger partial charge in [-0.25, -0.2) is 4.79 Å². The molecule has 0 aromatic rings. The molecule has 0 aliphatic carbocycles. The van der Waals surface area contributed by atoms with Crippen LogP contribution in [0.25, 0.3) is 0 Å². The highest BCUT2D eigenvalue weighted by molar-refractivity contribution is 5.82. The summed E-state index contributed by atoms with van der Waals surface area (Å²) in [6.07, 6.45) is 0.673. The van der Waals surface area contributed by atoms with Gasteiger partial charge >= 0.3 is 11.9 Å². The van der Waals surface area contributed by atoms with Crippen LogP contribution in [0.2, 0.25) is 0 Å². The molecular formula is C14H22O6. The van der Waals surface area contributed by atoms with E-state index in [0.29, 0.717) is 0 Å². The van der Waals surface area contributed by atoms with Gasteiger partial charge in [-0.15, -0.1) is 0 Å². The lowest BCUT2D eigenvalue weighted by molar-refractivity contribution is -0.304. The Hall–Kier alpha value is -1.40. The maximum absolute atomic E-state index is 11.8. The highest BCUT2D eigenvalue weighted by Gasteiger charge is 2.45. The molecule has 1 rings (SSSR count). The summed E-state index contributed by atoms with van der Waals surface area (Å²) in [5.41, 5.74) is -1.17. The molecule has 0 bridgehead atoms. The summed E-state index contributed by atoms with van der Waals surface area (Å²) >= 11 is 0. The third-order valence-electron chi connectivity index (χ3n) is 2.68. The van der Waals surface area contributed by atoms with Crippen molar-refractivity contribution in [3.63, 3.8) is 0 Å². The van der Waals surface area contributed by atoms with E-state index in [9.17, 15) is 9.59 Å². The Bertz CT molecular complexity index is 375. The lowest BCUT2D eigenvalue weighted by atomic mass is 10.00. The first-order valence-corrected chi connectivity index (χ1v) is 6.51. The quantitative estimate of drug-likeness (QED) is 0.564. The highest BCUT2D eigenvalue weighted by atomic mass is 16.7. The van der Waals surface area contributed by atoms with Crippen LogP contribution in [-0.2, 0) is 28.5 Å². The van der Waals surface area contributed by atoms with E-state index in [4.69, 9.17) is 18.9 Å². The lowest BCUT2D eigenvalue weighted by Gasteiger charge is -2.42. The first kappa shape index (κ1) is 16.7. The van der Waals surface area contributed by atoms with Crippen LogP contribution in [-0.4, -0.2) is 42.6 Å². The van der Waals surface area contributed by atoms with Gasteiger partial charge in [0.2, 0.25) is 0 Å². The number of esters is 2. The van der Waals surface area contributed by atoms with Gasteiger partial charge < -0.3 is 18.9 Å². The Balaban J connectivity index is 2.77. The van der Waals surface area contributed by atoms with Crippen LogP contribution in [0, 0.1) is 0 Å². The van der Waals surface area contributed by atoms with Crippen molar-refractivity contribution >= 4 is 11.9 Å². The molecule has 0 radical (unpaired) electrons. The maximum atomic E-state index is 11.8. The Morgan fingerprint density at radius 1 is 1.30 bits per heavy atom. The third-order valence-corrected chi connectivity index (χ3v) is 2.68. The van der Waals surface area contributed by atoms with Crippen molar-refractivity contribution in [1.82, 2.24) is 0 Å². The Morgan fingerprint density at radius 2 is 1.85 bits per heavy atom. The number of carbonyl (C=O) groups is 2. The molecule has 0 amide bonds. The molecule has 0 atom stereocenters. The molecule has 1 aliphatic rings. The molecule has 1 aliphatic heterocycles. The third kappa shape index (κ3) is 4.94. The molecular weight excluding hydrogens is 264 g/mol. The summed E-state index contributed by atoms with van der Waals surface area (Å²) in [6, 6.07) is 0. The second kappa shape index (κ2) is 6.37. The van der Waals surface area contributed by atoms with Crippen molar-refractivity contribution in [3.8, 4) is 0 Å². The van der Waals surface area contributed by atoms with Gasteiger partial charge in [0.15, 0.2) is 11.4 Å². The molecule has 20 heavy (non-hydrogen) atoms. The number of ether oxygens (including phenoxy) is 4. The van der Waals surface area contributed by atoms with Gasteiger partial charge in [0, 0.05) is 6.08 Å². The predicted octanol–water partition coefficient (Wildman–Crippen LogP) is 1.58. The Morgan fingerprint density at radius 3 is 2.30 bits per heavy atom. The van der Waals surface area contributed by atoms with Gasteiger partial charge in [0.1, 0.15) is 0 Å². The molecule has 0 unspecified atom stereocenters. The van der Waals surface area contributed by atoms with Crippen LogP contribution < -0.4 is 0 Å². The van der Waals surface area contributed by atoms with Crippen LogP contribution in [0.3, 0.4) is 0 Å². The van der Waals surface area contributed by atoms with Crippen LogP contribution in [0.15, 0.2) is 12.7 Å². The van der Waals surface area contributed by atoms with Crippen LogP contribution in [0.4, 0.5) is 0 Å². The second-order valence-electron chi connectivity index (χ2n) is 5.50. The molecule has 6 heteroatoms. The number of hydrogen-bond acceptors (Lipinski definition) is 6. The van der Waals surface area contributed by atoms with E-state index in [1.54, 1.807) is 27.7 Å². The van der Waals surface area contributed by atoms with Crippen molar-refractivity contribution < 1.29 is 28.5 Å². The van der Waals surface area contributed by atoms with E-state index in [0.717, 1.165) is 6.08 Å². The first-order chi connectivity index (χ1) is 9.18. The Labute approximate surface area is 119 Å². The molecule has 114 valence electrons. The zero-order valence-electron chi connectivity index (χ0n) is 12.4. The fourth-order valence-electron chi connectivity index (χ4n) is 1.71. The lowest BCUT2D eigenvalue weighted by Crippen LogP contribution is -2.54. The van der Waals surface area contributed by atoms with Crippen molar-refractivity contribution in [2.45, 2.75) is 51.6 Å². The molecule has 0 aromatic heterocycles. The number of rotatable bonds is 5. The van der Waals surface area contributed by atoms with E-state index in [1.807, 2.05) is 0 Å². The molecule has 0 saturated carbocycles. The zero-order valence-corrected chi connectivity index (χ0v) is 12.4. The van der Waals surface area contributed by atoms with Crippen LogP contribution >= 0.6 is 0 Å². The van der Waals surface area contributed by atoms with Crippen LogP contribution in [0.1, 0.15) is 34.1 Å². The molecule has 1 saturated heterocycles. The average Bonchev–Trinajstić information content (AvgIpc) is 2.32. The monoisotopic (exact) mass is 286 g/mol. The summed E-state index contributed by atoms with van der Waals surface area (Å²) in [4.78, 5) is 23.3. The van der Waals surface area contributed by atoms with Gasteiger partial charge in [0.25, 0.3) is 0 Å². The fraction of sp³-hybridized carbons (Fsp3) is 0.714.